The topological polar surface area (TPSA) is 42.0 Å². The molecular weight excluding hydrogens is 376 g/mol. The van der Waals surface area contributed by atoms with Crippen molar-refractivity contribution in [1.29, 1.82) is 0 Å². The van der Waals surface area contributed by atoms with Crippen LogP contribution in [-0.4, -0.2) is 51.2 Å². The van der Waals surface area contributed by atoms with Crippen molar-refractivity contribution in [3.8, 4) is 11.5 Å². The number of anilines is 1. The van der Waals surface area contributed by atoms with Gasteiger partial charge in [0, 0.05) is 43.0 Å². The maximum Gasteiger partial charge on any atom is 0.246 e. The van der Waals surface area contributed by atoms with Gasteiger partial charge in [0.15, 0.2) is 11.5 Å². The summed E-state index contributed by atoms with van der Waals surface area (Å²) in [5, 5.41) is 0.733. The number of hydrogen-bond acceptors (Lipinski definition) is 4. The van der Waals surface area contributed by atoms with E-state index in [0.717, 1.165) is 29.4 Å². The highest BCUT2D eigenvalue weighted by Gasteiger charge is 2.21. The number of nitrogens with zero attached hydrogens (tertiary/aromatic N) is 2. The summed E-state index contributed by atoms with van der Waals surface area (Å²) in [5.41, 5.74) is 3.22. The molecule has 0 unspecified atom stereocenters. The van der Waals surface area contributed by atoms with Gasteiger partial charge in [-0.15, -0.1) is 0 Å². The summed E-state index contributed by atoms with van der Waals surface area (Å²) in [6.07, 6.45) is 3.42. The van der Waals surface area contributed by atoms with Gasteiger partial charge in [-0.1, -0.05) is 23.7 Å². The summed E-state index contributed by atoms with van der Waals surface area (Å²) in [7, 11) is 3.19. The smallest absolute Gasteiger partial charge is 0.246 e. The van der Waals surface area contributed by atoms with Gasteiger partial charge in [-0.3, -0.25) is 4.79 Å². The van der Waals surface area contributed by atoms with Crippen molar-refractivity contribution in [1.82, 2.24) is 4.90 Å². The third kappa shape index (κ3) is 4.60. The first-order chi connectivity index (χ1) is 13.5. The molecule has 2 aromatic rings. The van der Waals surface area contributed by atoms with Crippen LogP contribution in [0.4, 0.5) is 5.69 Å². The van der Waals surface area contributed by atoms with E-state index in [9.17, 15) is 4.79 Å². The molecule has 28 heavy (non-hydrogen) atoms. The number of amides is 1. The molecule has 5 nitrogen and oxygen atoms in total. The van der Waals surface area contributed by atoms with Crippen molar-refractivity contribution < 1.29 is 14.3 Å². The highest BCUT2D eigenvalue weighted by atomic mass is 35.5. The van der Waals surface area contributed by atoms with Crippen LogP contribution in [0.3, 0.4) is 0 Å². The predicted octanol–water partition coefficient (Wildman–Crippen LogP) is 4.03. The van der Waals surface area contributed by atoms with E-state index in [-0.39, 0.29) is 5.91 Å². The van der Waals surface area contributed by atoms with Crippen LogP contribution in [0.25, 0.3) is 6.08 Å². The quantitative estimate of drug-likeness (QED) is 0.711. The third-order valence-electron chi connectivity index (χ3n) is 4.93. The molecule has 0 saturated carbocycles. The summed E-state index contributed by atoms with van der Waals surface area (Å²) >= 11 is 6.14. The van der Waals surface area contributed by atoms with Gasteiger partial charge in [0.2, 0.25) is 5.91 Å². The number of methoxy groups -OCH3 is 2. The average Bonchev–Trinajstić information content (AvgIpc) is 2.73. The van der Waals surface area contributed by atoms with E-state index in [1.165, 1.54) is 5.56 Å². The molecule has 1 aliphatic heterocycles. The average molecular weight is 401 g/mol. The third-order valence-corrected chi connectivity index (χ3v) is 5.16. The summed E-state index contributed by atoms with van der Waals surface area (Å²) in [6, 6.07) is 11.5. The summed E-state index contributed by atoms with van der Waals surface area (Å²) in [5.74, 6) is 1.32. The molecule has 6 heteroatoms. The van der Waals surface area contributed by atoms with E-state index < -0.39 is 0 Å². The second kappa shape index (κ2) is 9.02. The molecule has 2 aromatic carbocycles. The number of rotatable bonds is 5. The van der Waals surface area contributed by atoms with E-state index in [1.807, 2.05) is 41.3 Å². The minimum Gasteiger partial charge on any atom is -0.493 e. The molecule has 0 N–H and O–H groups in total. The van der Waals surface area contributed by atoms with Crippen LogP contribution >= 0.6 is 11.6 Å². The number of hydrogen-bond donors (Lipinski definition) is 0. The number of carbonyl (C=O) groups excluding carboxylic acids is 1. The lowest BCUT2D eigenvalue weighted by Gasteiger charge is -2.36. The number of ether oxygens (including phenoxy) is 2. The molecule has 0 atom stereocenters. The molecule has 1 heterocycles. The Morgan fingerprint density at radius 3 is 2.39 bits per heavy atom. The van der Waals surface area contributed by atoms with Gasteiger partial charge in [0.05, 0.1) is 14.2 Å². The molecule has 0 spiro atoms. The first-order valence-electron chi connectivity index (χ1n) is 9.22. The molecule has 1 saturated heterocycles. The molecule has 1 aliphatic rings. The Hall–Kier alpha value is -2.66. The Labute approximate surface area is 171 Å². The van der Waals surface area contributed by atoms with Crippen LogP contribution in [-0.2, 0) is 4.79 Å². The van der Waals surface area contributed by atoms with Gasteiger partial charge in [0.1, 0.15) is 0 Å². The molecule has 1 fully saturated rings. The maximum atomic E-state index is 12.6. The van der Waals surface area contributed by atoms with Crippen LogP contribution in [0, 0.1) is 6.92 Å². The standard InChI is InChI=1S/C22H25ClN2O3/c1-16-4-7-18(23)15-19(16)24-10-12-25(13-11-24)22(26)9-6-17-5-8-20(27-2)21(14-17)28-3/h4-9,14-15H,10-13H2,1-3H3/b9-6+. The minimum absolute atomic E-state index is 0.0113. The summed E-state index contributed by atoms with van der Waals surface area (Å²) in [4.78, 5) is 16.7. The number of halogens is 1. The molecular formula is C22H25ClN2O3. The van der Waals surface area contributed by atoms with Gasteiger partial charge in [-0.05, 0) is 48.4 Å². The fourth-order valence-electron chi connectivity index (χ4n) is 3.32. The Balaban J connectivity index is 1.61. The SMILES string of the molecule is COc1ccc(/C=C/C(=O)N2CCN(c3cc(Cl)ccc3C)CC2)cc1OC. The highest BCUT2D eigenvalue weighted by molar-refractivity contribution is 6.30. The van der Waals surface area contributed by atoms with Crippen molar-refractivity contribution in [2.24, 2.45) is 0 Å². The molecule has 0 aliphatic carbocycles. The normalized spacial score (nSPS) is 14.4. The second-order valence-corrected chi connectivity index (χ2v) is 7.13. The van der Waals surface area contributed by atoms with Crippen LogP contribution in [0.15, 0.2) is 42.5 Å². The maximum absolute atomic E-state index is 12.6. The second-order valence-electron chi connectivity index (χ2n) is 6.69. The largest absolute Gasteiger partial charge is 0.493 e. The van der Waals surface area contributed by atoms with E-state index in [1.54, 1.807) is 26.4 Å². The number of benzene rings is 2. The van der Waals surface area contributed by atoms with Crippen molar-refractivity contribution >= 4 is 29.3 Å². The number of aryl methyl sites for hydroxylation is 1. The fourth-order valence-corrected chi connectivity index (χ4v) is 3.49. The summed E-state index contributed by atoms with van der Waals surface area (Å²) in [6.45, 7) is 5.02. The number of piperazine rings is 1. The van der Waals surface area contributed by atoms with Crippen molar-refractivity contribution in [3.63, 3.8) is 0 Å². The predicted molar refractivity (Wildman–Crippen MR) is 114 cm³/mol. The molecule has 0 aromatic heterocycles. The molecule has 0 bridgehead atoms. The first-order valence-corrected chi connectivity index (χ1v) is 9.59. The van der Waals surface area contributed by atoms with E-state index in [2.05, 4.69) is 11.8 Å². The van der Waals surface area contributed by atoms with Gasteiger partial charge < -0.3 is 19.3 Å². The zero-order valence-electron chi connectivity index (χ0n) is 16.4. The van der Waals surface area contributed by atoms with Crippen LogP contribution in [0.5, 0.6) is 11.5 Å². The first kappa shape index (κ1) is 20.1. The Morgan fingerprint density at radius 1 is 1.00 bits per heavy atom. The lowest BCUT2D eigenvalue weighted by Crippen LogP contribution is -2.48. The zero-order chi connectivity index (χ0) is 20.1. The Kier molecular flexibility index (Phi) is 6.47. The summed E-state index contributed by atoms with van der Waals surface area (Å²) < 4.78 is 10.5. The minimum atomic E-state index is 0.0113. The Bertz CT molecular complexity index is 874. The molecule has 0 radical (unpaired) electrons. The van der Waals surface area contributed by atoms with Gasteiger partial charge >= 0.3 is 0 Å². The van der Waals surface area contributed by atoms with E-state index in [4.69, 9.17) is 21.1 Å². The van der Waals surface area contributed by atoms with Gasteiger partial charge in [-0.2, -0.15) is 0 Å². The molecule has 1 amide bonds. The Morgan fingerprint density at radius 2 is 1.71 bits per heavy atom. The van der Waals surface area contributed by atoms with E-state index in [0.29, 0.717) is 24.6 Å². The van der Waals surface area contributed by atoms with Crippen molar-refractivity contribution in [2.45, 2.75) is 6.92 Å². The van der Waals surface area contributed by atoms with Crippen molar-refractivity contribution in [2.75, 3.05) is 45.3 Å². The van der Waals surface area contributed by atoms with Gasteiger partial charge in [0.25, 0.3) is 0 Å². The fraction of sp³-hybridized carbons (Fsp3) is 0.318. The number of carbonyl (C=O) groups is 1. The molecule has 148 valence electrons. The van der Waals surface area contributed by atoms with Crippen LogP contribution in [0.1, 0.15) is 11.1 Å². The zero-order valence-corrected chi connectivity index (χ0v) is 17.2. The van der Waals surface area contributed by atoms with Crippen LogP contribution < -0.4 is 14.4 Å². The monoisotopic (exact) mass is 400 g/mol. The lowest BCUT2D eigenvalue weighted by molar-refractivity contribution is -0.126. The van der Waals surface area contributed by atoms with Gasteiger partial charge in [-0.25, -0.2) is 0 Å². The van der Waals surface area contributed by atoms with Crippen molar-refractivity contribution in [3.05, 3.63) is 58.6 Å². The van der Waals surface area contributed by atoms with E-state index >= 15 is 0 Å². The highest BCUT2D eigenvalue weighted by Crippen LogP contribution is 2.28. The van der Waals surface area contributed by atoms with Crippen LogP contribution in [0.2, 0.25) is 5.02 Å². The lowest BCUT2D eigenvalue weighted by atomic mass is 10.1. The molecule has 3 rings (SSSR count).